The Morgan fingerprint density at radius 1 is 1.16 bits per heavy atom. The molecule has 19 heavy (non-hydrogen) atoms. The van der Waals surface area contributed by atoms with Crippen LogP contribution in [0, 0.1) is 12.8 Å². The second kappa shape index (κ2) is 4.93. The first-order valence-electron chi connectivity index (χ1n) is 7.26. The number of hydrogen-bond acceptors (Lipinski definition) is 2. The van der Waals surface area contributed by atoms with Gasteiger partial charge in [-0.3, -0.25) is 4.98 Å². The van der Waals surface area contributed by atoms with E-state index in [0.717, 1.165) is 23.5 Å². The molecule has 0 spiro atoms. The van der Waals surface area contributed by atoms with Gasteiger partial charge in [0.15, 0.2) is 0 Å². The van der Waals surface area contributed by atoms with Crippen LogP contribution in [-0.4, -0.2) is 11.0 Å². The molecule has 1 aromatic heterocycles. The van der Waals surface area contributed by atoms with Crippen LogP contribution in [0.2, 0.25) is 0 Å². The third kappa shape index (κ3) is 2.50. The summed E-state index contributed by atoms with van der Waals surface area (Å²) in [6.07, 6.45) is 3.63. The minimum Gasteiger partial charge on any atom is -0.327 e. The van der Waals surface area contributed by atoms with Gasteiger partial charge in [0.05, 0.1) is 5.52 Å². The van der Waals surface area contributed by atoms with Gasteiger partial charge >= 0.3 is 0 Å². The van der Waals surface area contributed by atoms with E-state index in [4.69, 9.17) is 5.73 Å². The lowest BCUT2D eigenvalue weighted by Gasteiger charge is -2.33. The molecule has 2 nitrogen and oxygen atoms in total. The van der Waals surface area contributed by atoms with E-state index in [9.17, 15) is 0 Å². The standard InChI is InChI=1S/C17H22N2/c1-11-3-7-16(18)15(9-11)13-6-8-17-14(10-13)5-4-12(2)19-17/h4-6,8,10-11,15-16H,3,7,9,18H2,1-2H3. The van der Waals surface area contributed by atoms with Crippen LogP contribution >= 0.6 is 0 Å². The lowest BCUT2D eigenvalue weighted by atomic mass is 9.75. The number of nitrogens with two attached hydrogens (primary N) is 1. The van der Waals surface area contributed by atoms with Crippen LogP contribution in [-0.2, 0) is 0 Å². The molecule has 2 heteroatoms. The molecule has 3 rings (SSSR count). The van der Waals surface area contributed by atoms with Crippen molar-refractivity contribution in [3.63, 3.8) is 0 Å². The summed E-state index contributed by atoms with van der Waals surface area (Å²) in [4.78, 5) is 4.56. The van der Waals surface area contributed by atoms with E-state index in [1.807, 2.05) is 6.92 Å². The fourth-order valence-corrected chi connectivity index (χ4v) is 3.26. The Labute approximate surface area is 115 Å². The molecule has 0 amide bonds. The number of nitrogens with zero attached hydrogens (tertiary/aromatic N) is 1. The van der Waals surface area contributed by atoms with Crippen LogP contribution in [0.25, 0.3) is 10.9 Å². The Hall–Kier alpha value is -1.41. The molecule has 1 aliphatic carbocycles. The zero-order valence-electron chi connectivity index (χ0n) is 11.8. The van der Waals surface area contributed by atoms with Crippen molar-refractivity contribution in [1.29, 1.82) is 0 Å². The van der Waals surface area contributed by atoms with Crippen LogP contribution in [0.1, 0.15) is 43.4 Å². The zero-order chi connectivity index (χ0) is 13.4. The van der Waals surface area contributed by atoms with Gasteiger partial charge in [0.1, 0.15) is 0 Å². The summed E-state index contributed by atoms with van der Waals surface area (Å²) < 4.78 is 0. The monoisotopic (exact) mass is 254 g/mol. The molecule has 2 N–H and O–H groups in total. The van der Waals surface area contributed by atoms with Crippen molar-refractivity contribution in [2.24, 2.45) is 11.7 Å². The highest BCUT2D eigenvalue weighted by atomic mass is 14.7. The van der Waals surface area contributed by atoms with Crippen molar-refractivity contribution in [3.8, 4) is 0 Å². The fourth-order valence-electron chi connectivity index (χ4n) is 3.26. The highest BCUT2D eigenvalue weighted by Gasteiger charge is 2.27. The molecule has 1 fully saturated rings. The molecule has 0 aliphatic heterocycles. The Morgan fingerprint density at radius 2 is 2.00 bits per heavy atom. The number of benzene rings is 1. The van der Waals surface area contributed by atoms with Gasteiger partial charge in [0.2, 0.25) is 0 Å². The quantitative estimate of drug-likeness (QED) is 0.841. The van der Waals surface area contributed by atoms with E-state index in [-0.39, 0.29) is 0 Å². The Kier molecular flexibility index (Phi) is 3.28. The van der Waals surface area contributed by atoms with Crippen LogP contribution in [0.5, 0.6) is 0 Å². The van der Waals surface area contributed by atoms with E-state index in [2.05, 4.69) is 42.2 Å². The molecule has 0 radical (unpaired) electrons. The lowest BCUT2D eigenvalue weighted by molar-refractivity contribution is 0.306. The number of fused-ring (bicyclic) bond motifs is 1. The van der Waals surface area contributed by atoms with Gasteiger partial charge in [-0.2, -0.15) is 0 Å². The smallest absolute Gasteiger partial charge is 0.0705 e. The number of aryl methyl sites for hydroxylation is 1. The number of rotatable bonds is 1. The van der Waals surface area contributed by atoms with Gasteiger partial charge in [-0.25, -0.2) is 0 Å². The second-order valence-corrected chi connectivity index (χ2v) is 6.09. The average molecular weight is 254 g/mol. The van der Waals surface area contributed by atoms with Crippen molar-refractivity contribution in [2.45, 2.75) is 45.1 Å². The molecule has 3 atom stereocenters. The molecule has 1 aliphatic rings. The number of hydrogen-bond donors (Lipinski definition) is 1. The third-order valence-electron chi connectivity index (χ3n) is 4.45. The highest BCUT2D eigenvalue weighted by molar-refractivity contribution is 5.79. The summed E-state index contributed by atoms with van der Waals surface area (Å²) in [6.45, 7) is 4.37. The minimum atomic E-state index is 0.312. The predicted octanol–water partition coefficient (Wildman–Crippen LogP) is 3.77. The first-order chi connectivity index (χ1) is 9.13. The minimum absolute atomic E-state index is 0.312. The Balaban J connectivity index is 1.98. The SMILES string of the molecule is Cc1ccc2cc(C3CC(C)CCC3N)ccc2n1. The molecule has 3 unspecified atom stereocenters. The van der Waals surface area contributed by atoms with E-state index in [0.29, 0.717) is 12.0 Å². The predicted molar refractivity (Wildman–Crippen MR) is 80.2 cm³/mol. The van der Waals surface area contributed by atoms with Crippen molar-refractivity contribution >= 4 is 10.9 Å². The van der Waals surface area contributed by atoms with Crippen LogP contribution in [0.3, 0.4) is 0 Å². The van der Waals surface area contributed by atoms with Crippen molar-refractivity contribution < 1.29 is 0 Å². The van der Waals surface area contributed by atoms with Gasteiger partial charge < -0.3 is 5.73 Å². The lowest BCUT2D eigenvalue weighted by Crippen LogP contribution is -2.33. The van der Waals surface area contributed by atoms with E-state index in [1.165, 1.54) is 23.8 Å². The number of aromatic nitrogens is 1. The summed E-state index contributed by atoms with van der Waals surface area (Å²) >= 11 is 0. The topological polar surface area (TPSA) is 38.9 Å². The molecule has 100 valence electrons. The fraction of sp³-hybridized carbons (Fsp3) is 0.471. The molecule has 1 aromatic carbocycles. The van der Waals surface area contributed by atoms with Gasteiger partial charge in [-0.05, 0) is 61.8 Å². The van der Waals surface area contributed by atoms with Crippen molar-refractivity contribution in [2.75, 3.05) is 0 Å². The van der Waals surface area contributed by atoms with E-state index >= 15 is 0 Å². The Morgan fingerprint density at radius 3 is 2.84 bits per heavy atom. The summed E-state index contributed by atoms with van der Waals surface area (Å²) in [7, 11) is 0. The van der Waals surface area contributed by atoms with Crippen LogP contribution < -0.4 is 5.73 Å². The van der Waals surface area contributed by atoms with Gasteiger partial charge in [-0.1, -0.05) is 19.1 Å². The third-order valence-corrected chi connectivity index (χ3v) is 4.45. The van der Waals surface area contributed by atoms with Gasteiger partial charge in [0.25, 0.3) is 0 Å². The molecule has 0 bridgehead atoms. The van der Waals surface area contributed by atoms with Crippen molar-refractivity contribution in [1.82, 2.24) is 4.98 Å². The molecule has 1 saturated carbocycles. The van der Waals surface area contributed by atoms with E-state index < -0.39 is 0 Å². The molecular formula is C17H22N2. The molecular weight excluding hydrogens is 232 g/mol. The summed E-state index contributed by atoms with van der Waals surface area (Å²) in [5, 5.41) is 1.23. The Bertz CT molecular complexity index is 591. The maximum Gasteiger partial charge on any atom is 0.0705 e. The van der Waals surface area contributed by atoms with Gasteiger partial charge in [-0.15, -0.1) is 0 Å². The molecule has 1 heterocycles. The normalized spacial score (nSPS) is 27.6. The molecule has 0 saturated heterocycles. The summed E-state index contributed by atoms with van der Waals surface area (Å²) in [5.41, 5.74) is 9.87. The summed E-state index contributed by atoms with van der Waals surface area (Å²) in [5.74, 6) is 1.30. The van der Waals surface area contributed by atoms with E-state index in [1.54, 1.807) is 0 Å². The van der Waals surface area contributed by atoms with Gasteiger partial charge in [0, 0.05) is 17.1 Å². The largest absolute Gasteiger partial charge is 0.327 e. The van der Waals surface area contributed by atoms with Crippen LogP contribution in [0.4, 0.5) is 0 Å². The maximum absolute atomic E-state index is 6.33. The first kappa shape index (κ1) is 12.6. The first-order valence-corrected chi connectivity index (χ1v) is 7.26. The summed E-state index contributed by atoms with van der Waals surface area (Å²) in [6, 6.07) is 11.2. The molecule has 2 aromatic rings. The van der Waals surface area contributed by atoms with Crippen molar-refractivity contribution in [3.05, 3.63) is 41.6 Å². The number of pyridine rings is 1. The zero-order valence-corrected chi connectivity index (χ0v) is 11.8. The maximum atomic E-state index is 6.33. The average Bonchev–Trinajstić information content (AvgIpc) is 2.41. The highest BCUT2D eigenvalue weighted by Crippen LogP contribution is 2.36. The van der Waals surface area contributed by atoms with Crippen LogP contribution in [0.15, 0.2) is 30.3 Å². The second-order valence-electron chi connectivity index (χ2n) is 6.09.